The lowest BCUT2D eigenvalue weighted by Gasteiger charge is -2.42. The number of piperazine rings is 1. The fourth-order valence-electron chi connectivity index (χ4n) is 3.01. The molecule has 0 bridgehead atoms. The van der Waals surface area contributed by atoms with Gasteiger partial charge >= 0.3 is 0 Å². The summed E-state index contributed by atoms with van der Waals surface area (Å²) in [6.07, 6.45) is 2.22. The van der Waals surface area contributed by atoms with Gasteiger partial charge in [0.15, 0.2) is 0 Å². The van der Waals surface area contributed by atoms with Gasteiger partial charge in [-0.1, -0.05) is 27.7 Å². The van der Waals surface area contributed by atoms with Crippen LogP contribution < -0.4 is 5.32 Å². The number of carbonyl (C=O) groups is 1. The van der Waals surface area contributed by atoms with Crippen LogP contribution >= 0.6 is 0 Å². The van der Waals surface area contributed by atoms with E-state index in [-0.39, 0.29) is 5.91 Å². The topological polar surface area (TPSA) is 35.6 Å². The van der Waals surface area contributed by atoms with Gasteiger partial charge in [-0.05, 0) is 38.8 Å². The van der Waals surface area contributed by atoms with Gasteiger partial charge in [-0.3, -0.25) is 4.79 Å². The average Bonchev–Trinajstić information content (AvgIpc) is 2.28. The predicted octanol–water partition coefficient (Wildman–Crippen LogP) is 1.81. The van der Waals surface area contributed by atoms with Gasteiger partial charge in [0.25, 0.3) is 0 Å². The van der Waals surface area contributed by atoms with E-state index in [0.717, 1.165) is 25.9 Å². The van der Waals surface area contributed by atoms with Crippen LogP contribution in [0.5, 0.6) is 0 Å². The Kier molecular flexibility index (Phi) is 6.96. The molecule has 0 saturated carbocycles. The van der Waals surface area contributed by atoms with Crippen LogP contribution in [-0.4, -0.2) is 61.5 Å². The SMILES string of the molecule is CC(C)CC1CN(C(=O)CN(C)C)C(CC(C)C)CN1. The third-order valence-electron chi connectivity index (χ3n) is 3.77. The molecule has 0 aromatic rings. The van der Waals surface area contributed by atoms with Gasteiger partial charge in [0.2, 0.25) is 5.91 Å². The van der Waals surface area contributed by atoms with Crippen molar-refractivity contribution in [3.63, 3.8) is 0 Å². The molecule has 1 rings (SSSR count). The Balaban J connectivity index is 2.69. The second-order valence-corrected chi connectivity index (χ2v) is 7.30. The summed E-state index contributed by atoms with van der Waals surface area (Å²) in [6, 6.07) is 0.801. The van der Waals surface area contributed by atoms with Crippen molar-refractivity contribution < 1.29 is 4.79 Å². The van der Waals surface area contributed by atoms with Crippen molar-refractivity contribution in [2.75, 3.05) is 33.7 Å². The first-order valence-electron chi connectivity index (χ1n) is 7.97. The second kappa shape index (κ2) is 7.99. The number of rotatable bonds is 6. The minimum Gasteiger partial charge on any atom is -0.336 e. The largest absolute Gasteiger partial charge is 0.336 e. The van der Waals surface area contributed by atoms with Crippen LogP contribution in [0.3, 0.4) is 0 Å². The van der Waals surface area contributed by atoms with E-state index in [1.165, 1.54) is 0 Å². The van der Waals surface area contributed by atoms with Gasteiger partial charge in [-0.2, -0.15) is 0 Å². The number of likely N-dealkylation sites (N-methyl/N-ethyl adjacent to an activating group) is 1. The molecule has 1 fully saturated rings. The first-order chi connectivity index (χ1) is 9.29. The Morgan fingerprint density at radius 3 is 2.30 bits per heavy atom. The molecular formula is C16H33N3O. The minimum absolute atomic E-state index is 0.274. The molecule has 0 aliphatic carbocycles. The first kappa shape index (κ1) is 17.4. The number of nitrogens with zero attached hydrogens (tertiary/aromatic N) is 2. The Morgan fingerprint density at radius 2 is 1.80 bits per heavy atom. The lowest BCUT2D eigenvalue weighted by molar-refractivity contribution is -0.136. The monoisotopic (exact) mass is 283 g/mol. The lowest BCUT2D eigenvalue weighted by Crippen LogP contribution is -2.60. The van der Waals surface area contributed by atoms with Crippen LogP contribution in [0.1, 0.15) is 40.5 Å². The van der Waals surface area contributed by atoms with Crippen molar-refractivity contribution >= 4 is 5.91 Å². The summed E-state index contributed by atoms with van der Waals surface area (Å²) in [5, 5.41) is 3.64. The van der Waals surface area contributed by atoms with Crippen molar-refractivity contribution in [3.8, 4) is 0 Å². The van der Waals surface area contributed by atoms with Crippen LogP contribution in [-0.2, 0) is 4.79 Å². The van der Waals surface area contributed by atoms with Gasteiger partial charge in [-0.15, -0.1) is 0 Å². The number of hydrogen-bond acceptors (Lipinski definition) is 3. The summed E-state index contributed by atoms with van der Waals surface area (Å²) in [5.41, 5.74) is 0. The van der Waals surface area contributed by atoms with Gasteiger partial charge in [0, 0.05) is 25.2 Å². The minimum atomic E-state index is 0.274. The molecule has 0 aromatic carbocycles. The highest BCUT2D eigenvalue weighted by molar-refractivity contribution is 5.78. The quantitative estimate of drug-likeness (QED) is 0.807. The summed E-state index contributed by atoms with van der Waals surface area (Å²) in [5.74, 6) is 1.56. The standard InChI is InChI=1S/C16H33N3O/c1-12(2)7-14-10-19(16(20)11-18(5)6)15(9-17-14)8-13(3)4/h12-15,17H,7-11H2,1-6H3. The molecule has 0 radical (unpaired) electrons. The molecule has 118 valence electrons. The summed E-state index contributed by atoms with van der Waals surface area (Å²) in [6.45, 7) is 11.3. The van der Waals surface area contributed by atoms with E-state index in [4.69, 9.17) is 0 Å². The van der Waals surface area contributed by atoms with Crippen LogP contribution in [0.25, 0.3) is 0 Å². The molecule has 2 unspecified atom stereocenters. The van der Waals surface area contributed by atoms with Crippen molar-refractivity contribution in [1.29, 1.82) is 0 Å². The van der Waals surface area contributed by atoms with Gasteiger partial charge in [0.05, 0.1) is 6.54 Å². The second-order valence-electron chi connectivity index (χ2n) is 7.30. The molecule has 1 N–H and O–H groups in total. The molecule has 4 nitrogen and oxygen atoms in total. The fraction of sp³-hybridized carbons (Fsp3) is 0.938. The van der Waals surface area contributed by atoms with Crippen molar-refractivity contribution in [2.24, 2.45) is 11.8 Å². The van der Waals surface area contributed by atoms with Crippen molar-refractivity contribution in [1.82, 2.24) is 15.1 Å². The van der Waals surface area contributed by atoms with E-state index in [9.17, 15) is 4.79 Å². The summed E-state index contributed by atoms with van der Waals surface area (Å²) in [4.78, 5) is 16.6. The predicted molar refractivity (Wildman–Crippen MR) is 84.8 cm³/mol. The summed E-state index contributed by atoms with van der Waals surface area (Å²) >= 11 is 0. The number of hydrogen-bond donors (Lipinski definition) is 1. The molecule has 0 aromatic heterocycles. The number of nitrogens with one attached hydrogen (secondary N) is 1. The van der Waals surface area contributed by atoms with E-state index in [0.29, 0.717) is 30.5 Å². The van der Waals surface area contributed by atoms with E-state index < -0.39 is 0 Å². The highest BCUT2D eigenvalue weighted by Crippen LogP contribution is 2.18. The van der Waals surface area contributed by atoms with Crippen LogP contribution in [0.2, 0.25) is 0 Å². The Bertz CT molecular complexity index is 302. The molecule has 2 atom stereocenters. The Hall–Kier alpha value is -0.610. The Labute approximate surface area is 124 Å². The van der Waals surface area contributed by atoms with E-state index in [1.54, 1.807) is 0 Å². The zero-order chi connectivity index (χ0) is 15.3. The highest BCUT2D eigenvalue weighted by Gasteiger charge is 2.31. The van der Waals surface area contributed by atoms with Crippen molar-refractivity contribution in [2.45, 2.75) is 52.6 Å². The number of carbonyl (C=O) groups excluding carboxylic acids is 1. The molecule has 1 heterocycles. The van der Waals surface area contributed by atoms with E-state index >= 15 is 0 Å². The smallest absolute Gasteiger partial charge is 0.237 e. The third kappa shape index (κ3) is 5.80. The van der Waals surface area contributed by atoms with Crippen molar-refractivity contribution in [3.05, 3.63) is 0 Å². The molecule has 1 aliphatic heterocycles. The number of amides is 1. The Morgan fingerprint density at radius 1 is 1.20 bits per heavy atom. The highest BCUT2D eigenvalue weighted by atomic mass is 16.2. The third-order valence-corrected chi connectivity index (χ3v) is 3.77. The molecule has 4 heteroatoms. The zero-order valence-corrected chi connectivity index (χ0v) is 14.1. The molecule has 1 amide bonds. The molecular weight excluding hydrogens is 250 g/mol. The maximum atomic E-state index is 12.5. The van der Waals surface area contributed by atoms with E-state index in [2.05, 4.69) is 37.9 Å². The molecule has 1 aliphatic rings. The average molecular weight is 283 g/mol. The van der Waals surface area contributed by atoms with Gasteiger partial charge in [0.1, 0.15) is 0 Å². The van der Waals surface area contributed by atoms with Crippen LogP contribution in [0, 0.1) is 11.8 Å². The van der Waals surface area contributed by atoms with Gasteiger partial charge < -0.3 is 15.1 Å². The van der Waals surface area contributed by atoms with Crippen LogP contribution in [0.4, 0.5) is 0 Å². The normalized spacial score (nSPS) is 23.9. The summed E-state index contributed by atoms with van der Waals surface area (Å²) < 4.78 is 0. The van der Waals surface area contributed by atoms with Crippen LogP contribution in [0.15, 0.2) is 0 Å². The maximum Gasteiger partial charge on any atom is 0.237 e. The summed E-state index contributed by atoms with van der Waals surface area (Å²) in [7, 11) is 3.92. The first-order valence-corrected chi connectivity index (χ1v) is 7.97. The van der Waals surface area contributed by atoms with E-state index in [1.807, 2.05) is 19.0 Å². The van der Waals surface area contributed by atoms with Gasteiger partial charge in [-0.25, -0.2) is 0 Å². The molecule has 1 saturated heterocycles. The fourth-order valence-corrected chi connectivity index (χ4v) is 3.01. The maximum absolute atomic E-state index is 12.5. The molecule has 0 spiro atoms. The lowest BCUT2D eigenvalue weighted by atomic mass is 9.95. The zero-order valence-electron chi connectivity index (χ0n) is 14.1. The molecule has 20 heavy (non-hydrogen) atoms.